The van der Waals surface area contributed by atoms with Gasteiger partial charge in [0.05, 0.1) is 17.5 Å². The number of hydrogen-bond acceptors (Lipinski definition) is 3. The Kier molecular flexibility index (Phi) is 3.72. The van der Waals surface area contributed by atoms with Crippen LogP contribution in [0.5, 0.6) is 0 Å². The highest BCUT2D eigenvalue weighted by Gasteiger charge is 2.07. The third kappa shape index (κ3) is 2.63. The van der Waals surface area contributed by atoms with E-state index in [9.17, 15) is 0 Å². The summed E-state index contributed by atoms with van der Waals surface area (Å²) in [5.74, 6) is 0.393. The van der Waals surface area contributed by atoms with Crippen molar-refractivity contribution in [2.24, 2.45) is 0 Å². The number of hydrogen-bond donors (Lipinski definition) is 0. The Bertz CT molecular complexity index is 571. The lowest BCUT2D eigenvalue weighted by Crippen LogP contribution is -1.97. The van der Waals surface area contributed by atoms with Gasteiger partial charge < -0.3 is 0 Å². The topological polar surface area (TPSA) is 41.6 Å². The summed E-state index contributed by atoms with van der Waals surface area (Å²) >= 11 is 7.35. The van der Waals surface area contributed by atoms with Gasteiger partial charge in [-0.15, -0.1) is 0 Å². The summed E-state index contributed by atoms with van der Waals surface area (Å²) in [6.45, 7) is 2.00. The predicted molar refractivity (Wildman–Crippen MR) is 69.6 cm³/mol. The van der Waals surface area contributed by atoms with Crippen LogP contribution < -0.4 is 0 Å². The molecule has 0 radical (unpaired) electrons. The molecule has 0 aliphatic rings. The van der Waals surface area contributed by atoms with E-state index >= 15 is 0 Å². The molecule has 0 unspecified atom stereocenters. The summed E-state index contributed by atoms with van der Waals surface area (Å²) in [7, 11) is 0. The van der Waals surface area contributed by atoms with E-state index in [1.165, 1.54) is 11.8 Å². The number of thioether (sulfide) groups is 1. The summed E-state index contributed by atoms with van der Waals surface area (Å²) in [6, 6.07) is 7.81. The zero-order chi connectivity index (χ0) is 12.3. The van der Waals surface area contributed by atoms with E-state index in [2.05, 4.69) is 11.1 Å². The fourth-order valence-electron chi connectivity index (χ4n) is 1.57. The molecule has 0 spiro atoms. The molecule has 0 bridgehead atoms. The molecule has 5 heteroatoms. The smallest absolute Gasteiger partial charge is 0.173 e. The van der Waals surface area contributed by atoms with Crippen LogP contribution in [-0.2, 0) is 0 Å². The van der Waals surface area contributed by atoms with E-state index in [0.717, 1.165) is 21.4 Å². The van der Waals surface area contributed by atoms with Crippen LogP contribution in [0.3, 0.4) is 0 Å². The van der Waals surface area contributed by atoms with Crippen molar-refractivity contribution in [3.05, 3.63) is 41.2 Å². The Hall–Kier alpha value is -1.44. The average Bonchev–Trinajstić information content (AvgIpc) is 2.74. The molecule has 0 aliphatic heterocycles. The molecule has 3 nitrogen and oxygen atoms in total. The van der Waals surface area contributed by atoms with E-state index in [1.54, 1.807) is 6.20 Å². The second-order valence-electron chi connectivity index (χ2n) is 3.46. The van der Waals surface area contributed by atoms with Crippen molar-refractivity contribution in [1.82, 2.24) is 9.55 Å². The minimum absolute atomic E-state index is 0.393. The third-order valence-corrected chi connectivity index (χ3v) is 3.36. The maximum absolute atomic E-state index is 8.59. The number of halogens is 1. The first-order valence-corrected chi connectivity index (χ1v) is 6.38. The van der Waals surface area contributed by atoms with Crippen LogP contribution in [0.1, 0.15) is 5.56 Å². The monoisotopic (exact) mass is 263 g/mol. The van der Waals surface area contributed by atoms with Crippen molar-refractivity contribution in [2.75, 3.05) is 5.75 Å². The van der Waals surface area contributed by atoms with Crippen LogP contribution in [0.4, 0.5) is 0 Å². The van der Waals surface area contributed by atoms with Gasteiger partial charge in [0, 0.05) is 17.4 Å². The molecular weight excluding hydrogens is 254 g/mol. The lowest BCUT2D eigenvalue weighted by atomic mass is 10.2. The van der Waals surface area contributed by atoms with Crippen LogP contribution in [0.15, 0.2) is 35.7 Å². The molecule has 86 valence electrons. The van der Waals surface area contributed by atoms with Crippen LogP contribution in [-0.4, -0.2) is 15.3 Å². The standard InChI is InChI=1S/C12H10ClN3S/c1-9-8-10(13)2-3-11(9)16-6-5-15-12(16)17-7-4-14/h2-3,5-6,8H,7H2,1H3. The maximum Gasteiger partial charge on any atom is 0.173 e. The molecule has 17 heavy (non-hydrogen) atoms. The number of nitriles is 1. The molecule has 0 fully saturated rings. The fourth-order valence-corrected chi connectivity index (χ4v) is 2.42. The van der Waals surface area contributed by atoms with Gasteiger partial charge in [0.15, 0.2) is 5.16 Å². The molecule has 0 aliphatic carbocycles. The molecule has 0 amide bonds. The van der Waals surface area contributed by atoms with Crippen LogP contribution in [0.2, 0.25) is 5.02 Å². The predicted octanol–water partition coefficient (Wildman–Crippen LogP) is 3.45. The lowest BCUT2D eigenvalue weighted by molar-refractivity contribution is 0.889. The first kappa shape index (κ1) is 12.0. The van der Waals surface area contributed by atoms with Crippen LogP contribution in [0.25, 0.3) is 5.69 Å². The van der Waals surface area contributed by atoms with Crippen molar-refractivity contribution >= 4 is 23.4 Å². The summed E-state index contributed by atoms with van der Waals surface area (Å²) in [6.07, 6.45) is 3.61. The zero-order valence-electron chi connectivity index (χ0n) is 9.22. The van der Waals surface area contributed by atoms with Gasteiger partial charge in [0.1, 0.15) is 0 Å². The third-order valence-electron chi connectivity index (χ3n) is 2.29. The summed E-state index contributed by atoms with van der Waals surface area (Å²) < 4.78 is 1.97. The first-order chi connectivity index (χ1) is 8.22. The quantitative estimate of drug-likeness (QED) is 0.797. The highest BCUT2D eigenvalue weighted by Crippen LogP contribution is 2.24. The molecule has 0 saturated heterocycles. The normalized spacial score (nSPS) is 10.2. The minimum Gasteiger partial charge on any atom is -0.295 e. The molecular formula is C12H10ClN3S. The molecule has 1 heterocycles. The summed E-state index contributed by atoms with van der Waals surface area (Å²) in [4.78, 5) is 4.24. The van der Waals surface area contributed by atoms with Gasteiger partial charge in [0.25, 0.3) is 0 Å². The Morgan fingerprint density at radius 3 is 3.06 bits per heavy atom. The van der Waals surface area contributed by atoms with Crippen molar-refractivity contribution in [3.8, 4) is 11.8 Å². The number of aromatic nitrogens is 2. The van der Waals surface area contributed by atoms with E-state index in [4.69, 9.17) is 16.9 Å². The van der Waals surface area contributed by atoms with Gasteiger partial charge in [-0.2, -0.15) is 5.26 Å². The highest BCUT2D eigenvalue weighted by atomic mass is 35.5. The molecule has 1 aromatic carbocycles. The lowest BCUT2D eigenvalue weighted by Gasteiger charge is -2.09. The first-order valence-electron chi connectivity index (χ1n) is 5.02. The Balaban J connectivity index is 2.40. The van der Waals surface area contributed by atoms with Crippen molar-refractivity contribution in [3.63, 3.8) is 0 Å². The SMILES string of the molecule is Cc1cc(Cl)ccc1-n1ccnc1SCC#N. The van der Waals surface area contributed by atoms with Crippen molar-refractivity contribution in [2.45, 2.75) is 12.1 Å². The molecule has 0 N–H and O–H groups in total. The van der Waals surface area contributed by atoms with Crippen molar-refractivity contribution in [1.29, 1.82) is 5.26 Å². The fraction of sp³-hybridized carbons (Fsp3) is 0.167. The maximum atomic E-state index is 8.59. The molecule has 1 aromatic heterocycles. The van der Waals surface area contributed by atoms with Gasteiger partial charge in [-0.05, 0) is 30.7 Å². The molecule has 2 rings (SSSR count). The summed E-state index contributed by atoms with van der Waals surface area (Å²) in [5.41, 5.74) is 2.11. The van der Waals surface area contributed by atoms with E-state index in [1.807, 2.05) is 35.9 Å². The molecule has 0 atom stereocenters. The molecule has 0 saturated carbocycles. The van der Waals surface area contributed by atoms with Crippen LogP contribution in [0, 0.1) is 18.3 Å². The molecule has 2 aromatic rings. The van der Waals surface area contributed by atoms with Gasteiger partial charge in [-0.1, -0.05) is 23.4 Å². The Labute approximate surface area is 109 Å². The number of imidazole rings is 1. The number of nitrogens with zero attached hydrogens (tertiary/aromatic N) is 3. The summed E-state index contributed by atoms with van der Waals surface area (Å²) in [5, 5.41) is 10.1. The second-order valence-corrected chi connectivity index (χ2v) is 4.84. The Morgan fingerprint density at radius 1 is 1.53 bits per heavy atom. The largest absolute Gasteiger partial charge is 0.295 e. The van der Waals surface area contributed by atoms with E-state index in [0.29, 0.717) is 5.75 Å². The van der Waals surface area contributed by atoms with Crippen LogP contribution >= 0.6 is 23.4 Å². The number of aryl methyl sites for hydroxylation is 1. The van der Waals surface area contributed by atoms with Crippen molar-refractivity contribution < 1.29 is 0 Å². The van der Waals surface area contributed by atoms with E-state index < -0.39 is 0 Å². The average molecular weight is 264 g/mol. The van der Waals surface area contributed by atoms with Gasteiger partial charge in [-0.25, -0.2) is 4.98 Å². The highest BCUT2D eigenvalue weighted by molar-refractivity contribution is 7.99. The minimum atomic E-state index is 0.393. The van der Waals surface area contributed by atoms with Gasteiger partial charge in [-0.3, -0.25) is 4.57 Å². The number of rotatable bonds is 3. The number of benzene rings is 1. The van der Waals surface area contributed by atoms with Gasteiger partial charge >= 0.3 is 0 Å². The Morgan fingerprint density at radius 2 is 2.35 bits per heavy atom. The van der Waals surface area contributed by atoms with E-state index in [-0.39, 0.29) is 0 Å². The van der Waals surface area contributed by atoms with Gasteiger partial charge in [0.2, 0.25) is 0 Å². The zero-order valence-corrected chi connectivity index (χ0v) is 10.8. The second kappa shape index (κ2) is 5.26.